The Morgan fingerprint density at radius 1 is 0.833 bits per heavy atom. The number of fused-ring (bicyclic) bond motifs is 1. The lowest BCUT2D eigenvalue weighted by atomic mass is 9.87. The largest absolute Gasteiger partial charge is 0.457 e. The minimum Gasteiger partial charge on any atom is -0.457 e. The van der Waals surface area contributed by atoms with Crippen LogP contribution in [-0.2, 0) is 11.3 Å². The molecule has 1 fully saturated rings. The van der Waals surface area contributed by atoms with Crippen LogP contribution < -0.4 is 4.74 Å². The van der Waals surface area contributed by atoms with E-state index in [9.17, 15) is 9.18 Å². The van der Waals surface area contributed by atoms with E-state index in [1.807, 2.05) is 71.6 Å². The summed E-state index contributed by atoms with van der Waals surface area (Å²) in [6, 6.07) is 32.8. The summed E-state index contributed by atoms with van der Waals surface area (Å²) < 4.78 is 22.0. The molecule has 5 aromatic rings. The van der Waals surface area contributed by atoms with E-state index in [2.05, 4.69) is 46.9 Å². The molecule has 6 rings (SSSR count). The van der Waals surface area contributed by atoms with Gasteiger partial charge >= 0.3 is 0 Å². The SMILES string of the molecule is CCN1CCN(C(=O)C[C@H](c2cccc(Oc3ccccc3)c2)c2cn(Cc3ccc(F)cc3)c3ccccc23)CC1. The van der Waals surface area contributed by atoms with Crippen molar-refractivity contribution in [3.63, 3.8) is 0 Å². The molecule has 0 N–H and O–H groups in total. The number of hydrogen-bond acceptors (Lipinski definition) is 3. The first-order valence-corrected chi connectivity index (χ1v) is 14.7. The standard InChI is InChI=1S/C36H36FN3O2/c1-2-38-19-21-39(22-20-38)36(41)24-33(28-9-8-12-31(23-28)42-30-10-4-3-5-11-30)34-26-40(35-14-7-6-13-32(34)35)25-27-15-17-29(37)18-16-27/h3-18,23,26,33H,2,19-22,24-25H2,1H3/t33-/m1/s1. The molecular formula is C36H36FN3O2. The fourth-order valence-corrected chi connectivity index (χ4v) is 5.91. The normalized spacial score (nSPS) is 14.7. The molecule has 6 heteroatoms. The Kier molecular flexibility index (Phi) is 8.33. The molecule has 0 saturated carbocycles. The number of aromatic nitrogens is 1. The van der Waals surface area contributed by atoms with Crippen LogP contribution in [0.15, 0.2) is 109 Å². The number of piperazine rings is 1. The summed E-state index contributed by atoms with van der Waals surface area (Å²) in [6.45, 7) is 7.10. The molecule has 214 valence electrons. The number of hydrogen-bond donors (Lipinski definition) is 0. The molecule has 1 atom stereocenters. The summed E-state index contributed by atoms with van der Waals surface area (Å²) in [5.41, 5.74) is 4.24. The second-order valence-corrected chi connectivity index (χ2v) is 10.9. The van der Waals surface area contributed by atoms with Gasteiger partial charge < -0.3 is 19.1 Å². The van der Waals surface area contributed by atoms with Crippen molar-refractivity contribution in [1.29, 1.82) is 0 Å². The Labute approximate surface area is 246 Å². The molecule has 1 saturated heterocycles. The van der Waals surface area contributed by atoms with Crippen LogP contribution in [0.25, 0.3) is 10.9 Å². The molecule has 1 aliphatic heterocycles. The highest BCUT2D eigenvalue weighted by Gasteiger charge is 2.27. The van der Waals surface area contributed by atoms with Gasteiger partial charge in [-0.2, -0.15) is 0 Å². The van der Waals surface area contributed by atoms with E-state index in [0.29, 0.717) is 13.0 Å². The third kappa shape index (κ3) is 6.24. The number of rotatable bonds is 9. The fraction of sp³-hybridized carbons (Fsp3) is 0.250. The number of para-hydroxylation sites is 2. The van der Waals surface area contributed by atoms with Crippen molar-refractivity contribution < 1.29 is 13.9 Å². The zero-order chi connectivity index (χ0) is 28.9. The third-order valence-electron chi connectivity index (χ3n) is 8.25. The number of nitrogens with zero attached hydrogens (tertiary/aromatic N) is 3. The van der Waals surface area contributed by atoms with Crippen molar-refractivity contribution in [2.75, 3.05) is 32.7 Å². The third-order valence-corrected chi connectivity index (χ3v) is 8.25. The van der Waals surface area contributed by atoms with Crippen LogP contribution in [0, 0.1) is 5.82 Å². The summed E-state index contributed by atoms with van der Waals surface area (Å²) in [5, 5.41) is 1.11. The summed E-state index contributed by atoms with van der Waals surface area (Å²) in [4.78, 5) is 18.2. The van der Waals surface area contributed by atoms with Crippen LogP contribution in [-0.4, -0.2) is 53.0 Å². The van der Waals surface area contributed by atoms with E-state index in [1.165, 1.54) is 12.1 Å². The van der Waals surface area contributed by atoms with Crippen LogP contribution in [0.2, 0.25) is 0 Å². The highest BCUT2D eigenvalue weighted by molar-refractivity contribution is 5.87. The molecule has 2 heterocycles. The predicted octanol–water partition coefficient (Wildman–Crippen LogP) is 7.31. The zero-order valence-corrected chi connectivity index (χ0v) is 24.0. The summed E-state index contributed by atoms with van der Waals surface area (Å²) in [7, 11) is 0. The van der Waals surface area contributed by atoms with Crippen molar-refractivity contribution in [2.45, 2.75) is 25.8 Å². The van der Waals surface area contributed by atoms with Crippen molar-refractivity contribution >= 4 is 16.8 Å². The van der Waals surface area contributed by atoms with E-state index >= 15 is 0 Å². The number of carbonyl (C=O) groups excluding carboxylic acids is 1. The minimum atomic E-state index is -0.243. The lowest BCUT2D eigenvalue weighted by Crippen LogP contribution is -2.48. The van der Waals surface area contributed by atoms with E-state index < -0.39 is 0 Å². The van der Waals surface area contributed by atoms with Crippen molar-refractivity contribution in [2.24, 2.45) is 0 Å². The van der Waals surface area contributed by atoms with Gasteiger partial charge in [0.1, 0.15) is 17.3 Å². The number of halogens is 1. The molecule has 0 spiro atoms. The summed E-state index contributed by atoms with van der Waals surface area (Å²) >= 11 is 0. The van der Waals surface area contributed by atoms with Gasteiger partial charge in [0.2, 0.25) is 5.91 Å². The highest BCUT2D eigenvalue weighted by Crippen LogP contribution is 2.37. The summed E-state index contributed by atoms with van der Waals surface area (Å²) in [6.07, 6.45) is 2.54. The van der Waals surface area contributed by atoms with Crippen LogP contribution in [0.4, 0.5) is 4.39 Å². The molecule has 0 bridgehead atoms. The maximum absolute atomic E-state index is 13.8. The van der Waals surface area contributed by atoms with Crippen LogP contribution in [0.3, 0.4) is 0 Å². The first-order chi connectivity index (χ1) is 20.6. The molecule has 0 aliphatic carbocycles. The van der Waals surface area contributed by atoms with Gasteiger partial charge in [-0.3, -0.25) is 4.79 Å². The van der Waals surface area contributed by atoms with Crippen molar-refractivity contribution in [1.82, 2.24) is 14.4 Å². The smallest absolute Gasteiger partial charge is 0.223 e. The van der Waals surface area contributed by atoms with E-state index in [4.69, 9.17) is 4.74 Å². The lowest BCUT2D eigenvalue weighted by molar-refractivity contribution is -0.133. The molecule has 5 nitrogen and oxygen atoms in total. The molecule has 0 unspecified atom stereocenters. The number of benzene rings is 4. The Morgan fingerprint density at radius 3 is 2.31 bits per heavy atom. The molecule has 4 aromatic carbocycles. The van der Waals surface area contributed by atoms with Gasteiger partial charge in [0.05, 0.1) is 0 Å². The minimum absolute atomic E-state index is 0.166. The topological polar surface area (TPSA) is 37.7 Å². The molecular weight excluding hydrogens is 525 g/mol. The average Bonchev–Trinajstić information content (AvgIpc) is 3.39. The number of likely N-dealkylation sites (N-methyl/N-ethyl adjacent to an activating group) is 1. The number of amides is 1. The Bertz CT molecular complexity index is 1640. The average molecular weight is 562 g/mol. The molecule has 1 aliphatic rings. The second-order valence-electron chi connectivity index (χ2n) is 10.9. The zero-order valence-electron chi connectivity index (χ0n) is 24.0. The monoisotopic (exact) mass is 561 g/mol. The van der Waals surface area contributed by atoms with E-state index in [-0.39, 0.29) is 17.6 Å². The maximum atomic E-state index is 13.8. The molecule has 42 heavy (non-hydrogen) atoms. The second kappa shape index (κ2) is 12.6. The van der Waals surface area contributed by atoms with E-state index in [1.54, 1.807) is 0 Å². The Balaban J connectivity index is 1.37. The number of ether oxygens (including phenoxy) is 1. The Morgan fingerprint density at radius 2 is 1.55 bits per heavy atom. The predicted molar refractivity (Wildman–Crippen MR) is 166 cm³/mol. The van der Waals surface area contributed by atoms with Crippen molar-refractivity contribution in [3.05, 3.63) is 132 Å². The van der Waals surface area contributed by atoms with Crippen LogP contribution in [0.5, 0.6) is 11.5 Å². The van der Waals surface area contributed by atoms with Crippen LogP contribution in [0.1, 0.15) is 36.0 Å². The van der Waals surface area contributed by atoms with Crippen LogP contribution >= 0.6 is 0 Å². The van der Waals surface area contributed by atoms with Gasteiger partial charge in [-0.15, -0.1) is 0 Å². The highest BCUT2D eigenvalue weighted by atomic mass is 19.1. The first-order valence-electron chi connectivity index (χ1n) is 14.7. The van der Waals surface area contributed by atoms with E-state index in [0.717, 1.165) is 71.8 Å². The molecule has 0 radical (unpaired) electrons. The summed E-state index contributed by atoms with van der Waals surface area (Å²) in [5.74, 6) is 1.27. The molecule has 1 amide bonds. The molecule has 1 aromatic heterocycles. The van der Waals surface area contributed by atoms with Gasteiger partial charge in [-0.1, -0.05) is 67.6 Å². The Hall–Kier alpha value is -4.42. The first kappa shape index (κ1) is 27.7. The van der Waals surface area contributed by atoms with Gasteiger partial charge in [-0.25, -0.2) is 4.39 Å². The van der Waals surface area contributed by atoms with Gasteiger partial charge in [0.25, 0.3) is 0 Å². The van der Waals surface area contributed by atoms with Gasteiger partial charge in [0.15, 0.2) is 0 Å². The maximum Gasteiger partial charge on any atom is 0.223 e. The lowest BCUT2D eigenvalue weighted by Gasteiger charge is -2.35. The van der Waals surface area contributed by atoms with Crippen molar-refractivity contribution in [3.8, 4) is 11.5 Å². The van der Waals surface area contributed by atoms with Gasteiger partial charge in [0, 0.05) is 62.2 Å². The number of carbonyl (C=O) groups is 1. The van der Waals surface area contributed by atoms with Gasteiger partial charge in [-0.05, 0) is 65.7 Å². The quantitative estimate of drug-likeness (QED) is 0.189. The fourth-order valence-electron chi connectivity index (χ4n) is 5.91.